The van der Waals surface area contributed by atoms with Crippen molar-refractivity contribution < 1.29 is 13.9 Å². The molecule has 0 fully saturated rings. The molecule has 33 heavy (non-hydrogen) atoms. The van der Waals surface area contributed by atoms with Crippen molar-refractivity contribution in [3.63, 3.8) is 0 Å². The molecule has 0 bridgehead atoms. The summed E-state index contributed by atoms with van der Waals surface area (Å²) in [6.45, 7) is 4.13. The number of nitrogens with zero attached hydrogens (tertiary/aromatic N) is 1. The number of amides is 1. The van der Waals surface area contributed by atoms with Crippen LogP contribution in [-0.4, -0.2) is 23.1 Å². The van der Waals surface area contributed by atoms with Crippen molar-refractivity contribution in [1.29, 1.82) is 0 Å². The van der Waals surface area contributed by atoms with Crippen molar-refractivity contribution in [2.24, 2.45) is 0 Å². The number of aromatic nitrogens is 1. The molecular formula is C25H22BrN3O3S. The van der Waals surface area contributed by atoms with Crippen LogP contribution in [0.1, 0.15) is 32.9 Å². The number of nitrogens with one attached hydrogen (secondary N) is 2. The fourth-order valence-corrected chi connectivity index (χ4v) is 4.08. The van der Waals surface area contributed by atoms with Gasteiger partial charge in [0.25, 0.3) is 5.91 Å². The summed E-state index contributed by atoms with van der Waals surface area (Å²) in [7, 11) is 1.57. The van der Waals surface area contributed by atoms with Crippen LogP contribution in [0, 0.1) is 13.8 Å². The van der Waals surface area contributed by atoms with Crippen molar-refractivity contribution in [1.82, 2.24) is 10.3 Å². The summed E-state index contributed by atoms with van der Waals surface area (Å²) < 4.78 is 11.8. The van der Waals surface area contributed by atoms with Gasteiger partial charge in [0.15, 0.2) is 16.6 Å². The molecule has 168 valence electrons. The van der Waals surface area contributed by atoms with Crippen LogP contribution in [-0.2, 0) is 6.42 Å². The van der Waals surface area contributed by atoms with Crippen LogP contribution in [0.3, 0.4) is 0 Å². The van der Waals surface area contributed by atoms with E-state index < -0.39 is 0 Å². The Morgan fingerprint density at radius 2 is 1.82 bits per heavy atom. The highest BCUT2D eigenvalue weighted by molar-refractivity contribution is 9.10. The smallest absolute Gasteiger partial charge is 0.257 e. The Bertz CT molecular complexity index is 1310. The number of hydrogen-bond acceptors (Lipinski definition) is 5. The number of benzene rings is 3. The molecule has 4 rings (SSSR count). The van der Waals surface area contributed by atoms with Gasteiger partial charge in [-0.15, -0.1) is 0 Å². The highest BCUT2D eigenvalue weighted by Crippen LogP contribution is 2.25. The van der Waals surface area contributed by atoms with E-state index in [1.807, 2.05) is 36.4 Å². The molecule has 6 nitrogen and oxygen atoms in total. The lowest BCUT2D eigenvalue weighted by Crippen LogP contribution is -2.34. The number of fused-ring (bicyclic) bond motifs is 1. The van der Waals surface area contributed by atoms with Gasteiger partial charge in [-0.25, -0.2) is 4.98 Å². The van der Waals surface area contributed by atoms with Crippen LogP contribution in [0.4, 0.5) is 5.69 Å². The summed E-state index contributed by atoms with van der Waals surface area (Å²) >= 11 is 8.66. The third-order valence-electron chi connectivity index (χ3n) is 5.26. The number of halogens is 1. The Hall–Kier alpha value is -3.23. The van der Waals surface area contributed by atoms with E-state index in [1.165, 1.54) is 11.1 Å². The molecule has 2 N–H and O–H groups in total. The molecule has 1 amide bonds. The second-order valence-electron chi connectivity index (χ2n) is 7.64. The van der Waals surface area contributed by atoms with E-state index in [2.05, 4.69) is 45.4 Å². The van der Waals surface area contributed by atoms with Crippen LogP contribution in [0.25, 0.3) is 11.1 Å². The van der Waals surface area contributed by atoms with Gasteiger partial charge in [0.2, 0.25) is 0 Å². The topological polar surface area (TPSA) is 76.4 Å². The average Bonchev–Trinajstić information content (AvgIpc) is 3.16. The Morgan fingerprint density at radius 3 is 2.52 bits per heavy atom. The maximum Gasteiger partial charge on any atom is 0.257 e. The van der Waals surface area contributed by atoms with Gasteiger partial charge in [0.05, 0.1) is 11.6 Å². The highest BCUT2D eigenvalue weighted by atomic mass is 79.9. The fraction of sp³-hybridized carbons (Fsp3) is 0.160. The van der Waals surface area contributed by atoms with Gasteiger partial charge in [0, 0.05) is 17.7 Å². The first-order valence-electron chi connectivity index (χ1n) is 10.2. The number of carbonyl (C=O) groups is 1. The van der Waals surface area contributed by atoms with E-state index >= 15 is 0 Å². The van der Waals surface area contributed by atoms with Crippen molar-refractivity contribution in [3.05, 3.63) is 87.2 Å². The van der Waals surface area contributed by atoms with Crippen LogP contribution >= 0.6 is 28.1 Å². The summed E-state index contributed by atoms with van der Waals surface area (Å²) in [4.78, 5) is 17.1. The highest BCUT2D eigenvalue weighted by Gasteiger charge is 2.12. The monoisotopic (exact) mass is 523 g/mol. The van der Waals surface area contributed by atoms with Crippen molar-refractivity contribution in [3.8, 4) is 5.75 Å². The van der Waals surface area contributed by atoms with Crippen LogP contribution < -0.4 is 15.4 Å². The molecule has 1 aromatic heterocycles. The number of rotatable bonds is 5. The fourth-order valence-electron chi connectivity index (χ4n) is 3.33. The third kappa shape index (κ3) is 5.40. The number of thiocarbonyl (C=S) groups is 1. The lowest BCUT2D eigenvalue weighted by Gasteiger charge is -2.11. The van der Waals surface area contributed by atoms with Gasteiger partial charge in [-0.05, 0) is 101 Å². The van der Waals surface area contributed by atoms with Gasteiger partial charge in [-0.2, -0.15) is 0 Å². The van der Waals surface area contributed by atoms with Crippen molar-refractivity contribution in [2.75, 3.05) is 12.4 Å². The molecule has 4 aromatic rings. The average molecular weight is 524 g/mol. The number of anilines is 1. The minimum Gasteiger partial charge on any atom is -0.496 e. The first-order chi connectivity index (χ1) is 15.8. The van der Waals surface area contributed by atoms with Gasteiger partial charge >= 0.3 is 0 Å². The summed E-state index contributed by atoms with van der Waals surface area (Å²) in [6, 6.07) is 16.9. The van der Waals surface area contributed by atoms with Crippen LogP contribution in [0.15, 0.2) is 63.5 Å². The summed E-state index contributed by atoms with van der Waals surface area (Å²) in [5.41, 5.74) is 6.34. The van der Waals surface area contributed by atoms with Crippen LogP contribution in [0.5, 0.6) is 5.75 Å². The van der Waals surface area contributed by atoms with Gasteiger partial charge in [-0.3, -0.25) is 10.1 Å². The zero-order valence-electron chi connectivity index (χ0n) is 18.4. The number of ether oxygens (including phenoxy) is 1. The maximum atomic E-state index is 12.5. The quantitative estimate of drug-likeness (QED) is 0.315. The standard InChI is InChI=1S/C25H22BrN3O3S/c1-14-10-20-22(11-15(14)2)32-23(28-20)12-16-4-7-18(8-5-16)27-25(33)29-24(30)17-6-9-21(31-3)19(26)13-17/h4-11,13H,12H2,1-3H3,(H2,27,29,30,33). The lowest BCUT2D eigenvalue weighted by atomic mass is 10.1. The second kappa shape index (κ2) is 9.72. The van der Waals surface area contributed by atoms with E-state index in [-0.39, 0.29) is 11.0 Å². The number of carbonyl (C=O) groups excluding carboxylic acids is 1. The molecule has 0 unspecified atom stereocenters. The minimum absolute atomic E-state index is 0.212. The van der Waals surface area contributed by atoms with Crippen molar-refractivity contribution in [2.45, 2.75) is 20.3 Å². The van der Waals surface area contributed by atoms with E-state index in [1.54, 1.807) is 25.3 Å². The number of oxazole rings is 1. The molecule has 1 heterocycles. The molecule has 0 saturated heterocycles. The van der Waals surface area contributed by atoms with E-state index in [4.69, 9.17) is 21.4 Å². The molecule has 3 aromatic carbocycles. The molecule has 0 atom stereocenters. The predicted octanol–water partition coefficient (Wildman–Crippen LogP) is 5.93. The lowest BCUT2D eigenvalue weighted by molar-refractivity contribution is 0.0977. The van der Waals surface area contributed by atoms with E-state index in [0.29, 0.717) is 28.1 Å². The summed E-state index contributed by atoms with van der Waals surface area (Å²) in [5.74, 6) is 1.01. The molecule has 0 spiro atoms. The Balaban J connectivity index is 1.36. The van der Waals surface area contributed by atoms with Gasteiger partial charge in [-0.1, -0.05) is 12.1 Å². The second-order valence-corrected chi connectivity index (χ2v) is 8.91. The predicted molar refractivity (Wildman–Crippen MR) is 137 cm³/mol. The minimum atomic E-state index is -0.311. The molecule has 0 aliphatic heterocycles. The normalized spacial score (nSPS) is 10.8. The van der Waals surface area contributed by atoms with Crippen LogP contribution in [0.2, 0.25) is 0 Å². The molecule has 0 radical (unpaired) electrons. The summed E-state index contributed by atoms with van der Waals surface area (Å²) in [6.07, 6.45) is 0.584. The SMILES string of the molecule is COc1ccc(C(=O)NC(=S)Nc2ccc(Cc3nc4cc(C)c(C)cc4o3)cc2)cc1Br. The first-order valence-corrected chi connectivity index (χ1v) is 11.4. The number of aryl methyl sites for hydroxylation is 2. The Labute approximate surface area is 205 Å². The Morgan fingerprint density at radius 1 is 1.09 bits per heavy atom. The Kier molecular flexibility index (Phi) is 6.76. The molecule has 8 heteroatoms. The molecular weight excluding hydrogens is 502 g/mol. The van der Waals surface area contributed by atoms with Gasteiger partial charge in [0.1, 0.15) is 11.3 Å². The van der Waals surface area contributed by atoms with E-state index in [0.717, 1.165) is 22.4 Å². The van der Waals surface area contributed by atoms with Crippen molar-refractivity contribution >= 4 is 56.0 Å². The third-order valence-corrected chi connectivity index (χ3v) is 6.08. The largest absolute Gasteiger partial charge is 0.496 e. The summed E-state index contributed by atoms with van der Waals surface area (Å²) in [5, 5.41) is 5.92. The number of hydrogen-bond donors (Lipinski definition) is 2. The van der Waals surface area contributed by atoms with E-state index in [9.17, 15) is 4.79 Å². The molecule has 0 saturated carbocycles. The zero-order valence-corrected chi connectivity index (χ0v) is 20.8. The zero-order chi connectivity index (χ0) is 23.5. The maximum absolute atomic E-state index is 12.5. The first kappa shape index (κ1) is 22.9. The molecule has 0 aliphatic carbocycles. The molecule has 0 aliphatic rings. The van der Waals surface area contributed by atoms with Gasteiger partial charge < -0.3 is 14.5 Å². The number of methoxy groups -OCH3 is 1.